The average Bonchev–Trinajstić information content (AvgIpc) is 3.21. The SMILES string of the molecule is CC.COC(=O)c1c[nH]c2cc(C#N)ccc12.COc1ccc(NC(C)C)c(F)c1F. The van der Waals surface area contributed by atoms with E-state index in [1.807, 2.05) is 33.8 Å². The number of halogens is 2. The van der Waals surface area contributed by atoms with Gasteiger partial charge in [-0.25, -0.2) is 9.18 Å². The summed E-state index contributed by atoms with van der Waals surface area (Å²) in [5.41, 5.74) is 1.95. The highest BCUT2D eigenvalue weighted by molar-refractivity contribution is 6.04. The lowest BCUT2D eigenvalue weighted by Crippen LogP contribution is -2.11. The van der Waals surface area contributed by atoms with Gasteiger partial charge in [-0.1, -0.05) is 19.9 Å². The molecule has 3 rings (SSSR count). The molecule has 0 fully saturated rings. The lowest BCUT2D eigenvalue weighted by Gasteiger charge is -2.12. The van der Waals surface area contributed by atoms with Crippen molar-refractivity contribution in [2.75, 3.05) is 19.5 Å². The molecule has 0 aliphatic heterocycles. The number of hydrogen-bond acceptors (Lipinski definition) is 5. The number of ether oxygens (including phenoxy) is 2. The summed E-state index contributed by atoms with van der Waals surface area (Å²) < 4.78 is 35.7. The lowest BCUT2D eigenvalue weighted by molar-refractivity contribution is 0.0603. The van der Waals surface area contributed by atoms with Crippen LogP contribution in [-0.4, -0.2) is 31.2 Å². The van der Waals surface area contributed by atoms with Crippen LogP contribution >= 0.6 is 0 Å². The number of nitrogens with zero attached hydrogens (tertiary/aromatic N) is 1. The summed E-state index contributed by atoms with van der Waals surface area (Å²) in [5, 5.41) is 12.3. The Morgan fingerprint density at radius 1 is 1.13 bits per heavy atom. The first kappa shape index (κ1) is 25.4. The fraction of sp³-hybridized carbons (Fsp3) is 0.304. The normalized spacial score (nSPS) is 9.68. The van der Waals surface area contributed by atoms with Crippen molar-refractivity contribution < 1.29 is 23.0 Å². The number of H-pyrrole nitrogens is 1. The number of aromatic nitrogens is 1. The second-order valence-corrected chi connectivity index (χ2v) is 6.31. The number of benzene rings is 2. The largest absolute Gasteiger partial charge is 0.494 e. The molecule has 0 spiro atoms. The number of carbonyl (C=O) groups excluding carboxylic acids is 1. The van der Waals surface area contributed by atoms with Gasteiger partial charge in [0, 0.05) is 23.1 Å². The summed E-state index contributed by atoms with van der Waals surface area (Å²) >= 11 is 0. The maximum atomic E-state index is 13.3. The molecule has 166 valence electrons. The topological polar surface area (TPSA) is 87.1 Å². The molecule has 0 radical (unpaired) electrons. The molecule has 0 atom stereocenters. The van der Waals surface area contributed by atoms with Gasteiger partial charge in [0.2, 0.25) is 5.82 Å². The van der Waals surface area contributed by atoms with Gasteiger partial charge < -0.3 is 19.8 Å². The third-order valence-corrected chi connectivity index (χ3v) is 3.93. The molecular formula is C23H27F2N3O3. The molecule has 0 amide bonds. The Morgan fingerprint density at radius 3 is 2.35 bits per heavy atom. The number of carbonyl (C=O) groups is 1. The quantitative estimate of drug-likeness (QED) is 0.522. The second kappa shape index (κ2) is 12.2. The van der Waals surface area contributed by atoms with Crippen LogP contribution in [0.25, 0.3) is 10.9 Å². The van der Waals surface area contributed by atoms with Crippen LogP contribution in [-0.2, 0) is 4.74 Å². The van der Waals surface area contributed by atoms with Crippen molar-refractivity contribution in [3.05, 3.63) is 59.3 Å². The van der Waals surface area contributed by atoms with Gasteiger partial charge >= 0.3 is 5.97 Å². The highest BCUT2D eigenvalue weighted by atomic mass is 19.2. The first-order valence-electron chi connectivity index (χ1n) is 9.70. The van der Waals surface area contributed by atoms with E-state index in [0.717, 1.165) is 10.9 Å². The number of nitriles is 1. The Labute approximate surface area is 180 Å². The minimum absolute atomic E-state index is 0.0531. The monoisotopic (exact) mass is 431 g/mol. The van der Waals surface area contributed by atoms with E-state index in [-0.39, 0.29) is 23.4 Å². The smallest absolute Gasteiger partial charge is 0.340 e. The van der Waals surface area contributed by atoms with Gasteiger partial charge in [-0.3, -0.25) is 0 Å². The van der Waals surface area contributed by atoms with Crippen molar-refractivity contribution >= 4 is 22.6 Å². The molecule has 0 aliphatic carbocycles. The molecule has 8 heteroatoms. The third-order valence-electron chi connectivity index (χ3n) is 3.93. The van der Waals surface area contributed by atoms with E-state index in [4.69, 9.17) is 5.26 Å². The minimum atomic E-state index is -0.960. The number of esters is 1. The van der Waals surface area contributed by atoms with Crippen LogP contribution in [0.2, 0.25) is 0 Å². The predicted octanol–water partition coefficient (Wildman–Crippen LogP) is 5.65. The van der Waals surface area contributed by atoms with Gasteiger partial charge in [0.15, 0.2) is 11.6 Å². The number of fused-ring (bicyclic) bond motifs is 1. The van der Waals surface area contributed by atoms with Gasteiger partial charge in [-0.2, -0.15) is 9.65 Å². The van der Waals surface area contributed by atoms with E-state index in [2.05, 4.69) is 19.8 Å². The zero-order chi connectivity index (χ0) is 23.6. The molecule has 0 saturated heterocycles. The van der Waals surface area contributed by atoms with Crippen LogP contribution in [0.1, 0.15) is 43.6 Å². The van der Waals surface area contributed by atoms with E-state index >= 15 is 0 Å². The van der Waals surface area contributed by atoms with Crippen LogP contribution in [0, 0.1) is 23.0 Å². The molecule has 0 saturated carbocycles. The molecule has 1 heterocycles. The molecule has 3 aromatic rings. The van der Waals surface area contributed by atoms with E-state index < -0.39 is 11.6 Å². The summed E-state index contributed by atoms with van der Waals surface area (Å²) in [6.45, 7) is 7.70. The van der Waals surface area contributed by atoms with Crippen molar-refractivity contribution in [2.45, 2.75) is 33.7 Å². The van der Waals surface area contributed by atoms with Crippen molar-refractivity contribution in [3.63, 3.8) is 0 Å². The Morgan fingerprint density at radius 2 is 1.81 bits per heavy atom. The Bertz CT molecular complexity index is 1060. The number of rotatable bonds is 4. The highest BCUT2D eigenvalue weighted by Crippen LogP contribution is 2.25. The standard InChI is InChI=1S/C11H8N2O2.C10H13F2NO.C2H6/c1-15-11(14)9-6-13-10-4-7(5-12)2-3-8(9)10;1-6(2)13-7-4-5-8(14-3)10(12)9(7)11;1-2/h2-4,6,13H,1H3;4-6,13H,1-3H3;1-2H3. The molecule has 6 nitrogen and oxygen atoms in total. The van der Waals surface area contributed by atoms with Gasteiger partial charge in [0.1, 0.15) is 0 Å². The Kier molecular flexibility index (Phi) is 9.99. The molecule has 31 heavy (non-hydrogen) atoms. The highest BCUT2D eigenvalue weighted by Gasteiger charge is 2.14. The van der Waals surface area contributed by atoms with E-state index in [0.29, 0.717) is 11.1 Å². The van der Waals surface area contributed by atoms with Crippen molar-refractivity contribution in [1.82, 2.24) is 4.98 Å². The van der Waals surface area contributed by atoms with Crippen LogP contribution in [0.15, 0.2) is 36.5 Å². The molecule has 0 aliphatic rings. The van der Waals surface area contributed by atoms with Crippen LogP contribution < -0.4 is 10.1 Å². The van der Waals surface area contributed by atoms with Gasteiger partial charge in [-0.05, 0) is 38.1 Å². The van der Waals surface area contributed by atoms with Crippen molar-refractivity contribution in [1.29, 1.82) is 5.26 Å². The summed E-state index contributed by atoms with van der Waals surface area (Å²) in [7, 11) is 2.64. The van der Waals surface area contributed by atoms with E-state index in [1.165, 1.54) is 26.4 Å². The lowest BCUT2D eigenvalue weighted by atomic mass is 10.1. The van der Waals surface area contributed by atoms with E-state index in [9.17, 15) is 13.6 Å². The molecule has 2 aromatic carbocycles. The zero-order valence-electron chi connectivity index (χ0n) is 18.5. The van der Waals surface area contributed by atoms with Crippen LogP contribution in [0.3, 0.4) is 0 Å². The van der Waals surface area contributed by atoms with Gasteiger partial charge in [-0.15, -0.1) is 0 Å². The number of aromatic amines is 1. The average molecular weight is 431 g/mol. The molecule has 0 unspecified atom stereocenters. The maximum absolute atomic E-state index is 13.3. The Hall–Kier alpha value is -3.60. The fourth-order valence-corrected chi connectivity index (χ4v) is 2.59. The molecular weight excluding hydrogens is 404 g/mol. The van der Waals surface area contributed by atoms with Gasteiger partial charge in [0.25, 0.3) is 0 Å². The molecule has 0 bridgehead atoms. The summed E-state index contributed by atoms with van der Waals surface area (Å²) in [5.74, 6) is -2.33. The van der Waals surface area contributed by atoms with Crippen molar-refractivity contribution in [3.8, 4) is 11.8 Å². The summed E-state index contributed by atoms with van der Waals surface area (Å²) in [4.78, 5) is 14.3. The first-order valence-corrected chi connectivity index (χ1v) is 9.70. The fourth-order valence-electron chi connectivity index (χ4n) is 2.59. The molecule has 2 N–H and O–H groups in total. The predicted molar refractivity (Wildman–Crippen MR) is 117 cm³/mol. The third kappa shape index (κ3) is 6.44. The van der Waals surface area contributed by atoms with E-state index in [1.54, 1.807) is 24.4 Å². The number of anilines is 1. The second-order valence-electron chi connectivity index (χ2n) is 6.31. The number of nitrogens with one attached hydrogen (secondary N) is 2. The summed E-state index contributed by atoms with van der Waals surface area (Å²) in [6, 6.07) is 10.0. The Balaban J connectivity index is 0.000000288. The van der Waals surface area contributed by atoms with Crippen molar-refractivity contribution in [2.24, 2.45) is 0 Å². The summed E-state index contributed by atoms with van der Waals surface area (Å²) in [6.07, 6.45) is 1.58. The maximum Gasteiger partial charge on any atom is 0.340 e. The number of hydrogen-bond donors (Lipinski definition) is 2. The minimum Gasteiger partial charge on any atom is -0.494 e. The zero-order valence-corrected chi connectivity index (χ0v) is 18.5. The van der Waals surface area contributed by atoms with Gasteiger partial charge in [0.05, 0.1) is 37.1 Å². The first-order chi connectivity index (χ1) is 14.8. The van der Waals surface area contributed by atoms with Crippen LogP contribution in [0.5, 0.6) is 5.75 Å². The molecule has 1 aromatic heterocycles. The van der Waals surface area contributed by atoms with Crippen LogP contribution in [0.4, 0.5) is 14.5 Å². The number of methoxy groups -OCH3 is 2.